The summed E-state index contributed by atoms with van der Waals surface area (Å²) in [6, 6.07) is 13.3. The van der Waals surface area contributed by atoms with Crippen molar-refractivity contribution in [2.24, 2.45) is 0 Å². The molecular formula is C18H20Br2ClN3O. The standard InChI is InChI=1S/C18H19Br2N3O.ClH/c19-15-10-14(12-23-8-6-21-7-9-23)17(16(20)11-15)22-18(24)13-4-2-1-3-5-13;/h1-5,10-11,21H,6-9,12H2,(H,22,24);1H. The Morgan fingerprint density at radius 2 is 1.80 bits per heavy atom. The van der Waals surface area contributed by atoms with E-state index < -0.39 is 0 Å². The molecule has 1 heterocycles. The summed E-state index contributed by atoms with van der Waals surface area (Å²) in [6.45, 7) is 4.83. The molecule has 1 aliphatic heterocycles. The Morgan fingerprint density at radius 1 is 1.12 bits per heavy atom. The number of carbonyl (C=O) groups is 1. The number of nitrogens with zero attached hydrogens (tertiary/aromatic N) is 1. The SMILES string of the molecule is Cl.O=C(Nc1c(Br)cc(Br)cc1CN1CCNCC1)c1ccccc1. The van der Waals surface area contributed by atoms with Gasteiger partial charge in [-0.3, -0.25) is 9.69 Å². The lowest BCUT2D eigenvalue weighted by Gasteiger charge is -2.28. The summed E-state index contributed by atoms with van der Waals surface area (Å²) >= 11 is 7.14. The molecule has 0 unspecified atom stereocenters. The third-order valence-electron chi connectivity index (χ3n) is 4.01. The Kier molecular flexibility index (Phi) is 7.90. The van der Waals surface area contributed by atoms with Gasteiger partial charge in [-0.1, -0.05) is 34.1 Å². The van der Waals surface area contributed by atoms with E-state index in [-0.39, 0.29) is 18.3 Å². The van der Waals surface area contributed by atoms with Gasteiger partial charge in [-0.05, 0) is 45.8 Å². The van der Waals surface area contributed by atoms with Gasteiger partial charge in [0.1, 0.15) is 0 Å². The second-order valence-electron chi connectivity index (χ2n) is 5.77. The fourth-order valence-corrected chi connectivity index (χ4v) is 4.19. The molecule has 0 atom stereocenters. The Bertz CT molecular complexity index is 722. The predicted molar refractivity (Wildman–Crippen MR) is 112 cm³/mol. The van der Waals surface area contributed by atoms with E-state index >= 15 is 0 Å². The Labute approximate surface area is 171 Å². The summed E-state index contributed by atoms with van der Waals surface area (Å²) in [5.74, 6) is -0.0971. The van der Waals surface area contributed by atoms with Gasteiger partial charge in [0.15, 0.2) is 0 Å². The molecule has 2 N–H and O–H groups in total. The Morgan fingerprint density at radius 3 is 2.48 bits per heavy atom. The number of hydrogen-bond acceptors (Lipinski definition) is 3. The molecule has 0 bridgehead atoms. The predicted octanol–water partition coefficient (Wildman–Crippen LogP) is 4.29. The summed E-state index contributed by atoms with van der Waals surface area (Å²) < 4.78 is 1.88. The van der Waals surface area contributed by atoms with Gasteiger partial charge in [0.25, 0.3) is 5.91 Å². The maximum atomic E-state index is 12.5. The molecule has 2 aromatic carbocycles. The zero-order valence-electron chi connectivity index (χ0n) is 13.6. The monoisotopic (exact) mass is 487 g/mol. The molecule has 0 spiro atoms. The van der Waals surface area contributed by atoms with Crippen LogP contribution in [0.25, 0.3) is 0 Å². The van der Waals surface area contributed by atoms with E-state index in [1.54, 1.807) is 0 Å². The highest BCUT2D eigenvalue weighted by molar-refractivity contribution is 9.11. The molecule has 0 saturated carbocycles. The average molecular weight is 490 g/mol. The molecule has 1 saturated heterocycles. The molecule has 4 nitrogen and oxygen atoms in total. The van der Waals surface area contributed by atoms with Crippen LogP contribution >= 0.6 is 44.3 Å². The van der Waals surface area contributed by atoms with Gasteiger partial charge in [-0.2, -0.15) is 0 Å². The molecule has 0 radical (unpaired) electrons. The van der Waals surface area contributed by atoms with Gasteiger partial charge >= 0.3 is 0 Å². The van der Waals surface area contributed by atoms with Crippen molar-refractivity contribution < 1.29 is 4.79 Å². The van der Waals surface area contributed by atoms with E-state index in [0.29, 0.717) is 5.56 Å². The molecule has 134 valence electrons. The van der Waals surface area contributed by atoms with Crippen LogP contribution in [0.4, 0.5) is 5.69 Å². The van der Waals surface area contributed by atoms with Crippen LogP contribution in [-0.2, 0) is 6.54 Å². The van der Waals surface area contributed by atoms with Crippen LogP contribution in [0.5, 0.6) is 0 Å². The zero-order chi connectivity index (χ0) is 16.9. The van der Waals surface area contributed by atoms with Gasteiger partial charge in [0.2, 0.25) is 0 Å². The second-order valence-corrected chi connectivity index (χ2v) is 7.54. The lowest BCUT2D eigenvalue weighted by molar-refractivity contribution is 0.102. The van der Waals surface area contributed by atoms with Crippen molar-refractivity contribution in [3.63, 3.8) is 0 Å². The summed E-state index contributed by atoms with van der Waals surface area (Å²) in [6.07, 6.45) is 0. The van der Waals surface area contributed by atoms with Crippen molar-refractivity contribution in [1.29, 1.82) is 0 Å². The minimum Gasteiger partial charge on any atom is -0.321 e. The van der Waals surface area contributed by atoms with Crippen molar-refractivity contribution in [3.05, 3.63) is 62.5 Å². The lowest BCUT2D eigenvalue weighted by Crippen LogP contribution is -2.43. The maximum Gasteiger partial charge on any atom is 0.255 e. The van der Waals surface area contributed by atoms with Gasteiger partial charge in [0, 0.05) is 47.2 Å². The summed E-state index contributed by atoms with van der Waals surface area (Å²) in [5, 5.41) is 6.42. The first-order chi connectivity index (χ1) is 11.6. The zero-order valence-corrected chi connectivity index (χ0v) is 17.6. The third-order valence-corrected chi connectivity index (χ3v) is 5.10. The molecule has 0 aliphatic carbocycles. The third kappa shape index (κ3) is 5.53. The fourth-order valence-electron chi connectivity index (χ4n) is 2.78. The van der Waals surface area contributed by atoms with E-state index in [2.05, 4.69) is 53.5 Å². The van der Waals surface area contributed by atoms with E-state index in [0.717, 1.165) is 52.9 Å². The van der Waals surface area contributed by atoms with Crippen LogP contribution in [0.2, 0.25) is 0 Å². The van der Waals surface area contributed by atoms with E-state index in [9.17, 15) is 4.79 Å². The number of piperazine rings is 1. The normalized spacial score (nSPS) is 14.6. The van der Waals surface area contributed by atoms with Gasteiger partial charge in [-0.15, -0.1) is 12.4 Å². The number of halogens is 3. The summed E-state index contributed by atoms with van der Waals surface area (Å²) in [7, 11) is 0. The second kappa shape index (κ2) is 9.69. The van der Waals surface area contributed by atoms with Crippen molar-refractivity contribution >= 4 is 55.9 Å². The highest BCUT2D eigenvalue weighted by atomic mass is 79.9. The molecule has 1 aliphatic rings. The molecule has 0 aromatic heterocycles. The van der Waals surface area contributed by atoms with Crippen LogP contribution in [0.3, 0.4) is 0 Å². The number of hydrogen-bond donors (Lipinski definition) is 2. The van der Waals surface area contributed by atoms with Crippen LogP contribution < -0.4 is 10.6 Å². The highest BCUT2D eigenvalue weighted by Crippen LogP contribution is 2.32. The number of rotatable bonds is 4. The van der Waals surface area contributed by atoms with E-state index in [1.807, 2.05) is 36.4 Å². The average Bonchev–Trinajstić information content (AvgIpc) is 2.59. The van der Waals surface area contributed by atoms with Crippen molar-refractivity contribution in [2.45, 2.75) is 6.54 Å². The highest BCUT2D eigenvalue weighted by Gasteiger charge is 2.17. The van der Waals surface area contributed by atoms with Gasteiger partial charge < -0.3 is 10.6 Å². The largest absolute Gasteiger partial charge is 0.321 e. The van der Waals surface area contributed by atoms with Crippen LogP contribution in [-0.4, -0.2) is 37.0 Å². The van der Waals surface area contributed by atoms with Crippen LogP contribution in [0, 0.1) is 0 Å². The minimum atomic E-state index is -0.0971. The molecule has 1 amide bonds. The Hall–Kier alpha value is -0.920. The minimum absolute atomic E-state index is 0. The van der Waals surface area contributed by atoms with Crippen LogP contribution in [0.15, 0.2) is 51.4 Å². The van der Waals surface area contributed by atoms with Crippen molar-refractivity contribution in [2.75, 3.05) is 31.5 Å². The smallest absolute Gasteiger partial charge is 0.255 e. The first-order valence-corrected chi connectivity index (χ1v) is 9.49. The van der Waals surface area contributed by atoms with E-state index in [1.165, 1.54) is 0 Å². The number of benzene rings is 2. The van der Waals surface area contributed by atoms with Crippen molar-refractivity contribution in [1.82, 2.24) is 10.2 Å². The maximum absolute atomic E-state index is 12.5. The quantitative estimate of drug-likeness (QED) is 0.674. The summed E-state index contributed by atoms with van der Waals surface area (Å²) in [5.41, 5.74) is 2.59. The molecule has 25 heavy (non-hydrogen) atoms. The number of nitrogens with one attached hydrogen (secondary N) is 2. The molecule has 7 heteroatoms. The lowest BCUT2D eigenvalue weighted by atomic mass is 10.1. The molecular weight excluding hydrogens is 469 g/mol. The van der Waals surface area contributed by atoms with Crippen molar-refractivity contribution in [3.8, 4) is 0 Å². The molecule has 3 rings (SSSR count). The number of anilines is 1. The number of carbonyl (C=O) groups excluding carboxylic acids is 1. The Balaban J connectivity index is 0.00000225. The summed E-state index contributed by atoms with van der Waals surface area (Å²) in [4.78, 5) is 14.9. The molecule has 1 fully saturated rings. The first kappa shape index (κ1) is 20.4. The van der Waals surface area contributed by atoms with Gasteiger partial charge in [-0.25, -0.2) is 0 Å². The first-order valence-electron chi connectivity index (χ1n) is 7.91. The molecule has 2 aromatic rings. The topological polar surface area (TPSA) is 44.4 Å². The van der Waals surface area contributed by atoms with Gasteiger partial charge in [0.05, 0.1) is 5.69 Å². The number of amides is 1. The van der Waals surface area contributed by atoms with E-state index in [4.69, 9.17) is 0 Å². The van der Waals surface area contributed by atoms with Crippen LogP contribution in [0.1, 0.15) is 15.9 Å². The fraction of sp³-hybridized carbons (Fsp3) is 0.278.